The Morgan fingerprint density at radius 3 is 2.68 bits per heavy atom. The molecule has 4 aliphatic rings. The summed E-state index contributed by atoms with van der Waals surface area (Å²) in [5.41, 5.74) is -0.703. The van der Waals surface area contributed by atoms with Crippen LogP contribution in [0.2, 0.25) is 0 Å². The maximum Gasteiger partial charge on any atom is 0.315 e. The van der Waals surface area contributed by atoms with E-state index >= 15 is 0 Å². The van der Waals surface area contributed by atoms with Crippen LogP contribution in [0.5, 0.6) is 0 Å². The standard InChI is InChI=1S/C24H34O6S/c1-22-10-18(26)21-16(5-4-14-8-15(25)6-7-23(14,21)2)17(22)9-24(29,13-22)19(27)11-31-12-20(28)30-3/h8,16-18,21,26,29H,4-7,9-13H2,1-3H3/t16?,17?,18?,21?,22-,23+,24-/m1/s1. The predicted molar refractivity (Wildman–Crippen MR) is 117 cm³/mol. The molecule has 3 fully saturated rings. The minimum atomic E-state index is -1.41. The molecule has 7 heteroatoms. The highest BCUT2D eigenvalue weighted by Gasteiger charge is 2.64. The number of aliphatic hydroxyl groups is 2. The lowest BCUT2D eigenvalue weighted by molar-refractivity contribution is -0.137. The molecule has 0 bridgehead atoms. The fraction of sp³-hybridized carbons (Fsp3) is 0.792. The van der Waals surface area contributed by atoms with Gasteiger partial charge in [-0.05, 0) is 73.2 Å². The first-order valence-corrected chi connectivity index (χ1v) is 12.5. The molecule has 4 unspecified atom stereocenters. The zero-order chi connectivity index (χ0) is 22.6. The third kappa shape index (κ3) is 3.80. The summed E-state index contributed by atoms with van der Waals surface area (Å²) in [6.07, 6.45) is 5.70. The van der Waals surface area contributed by atoms with E-state index in [-0.39, 0.29) is 57.6 Å². The van der Waals surface area contributed by atoms with Gasteiger partial charge in [-0.1, -0.05) is 19.4 Å². The molecule has 2 N–H and O–H groups in total. The first-order valence-electron chi connectivity index (χ1n) is 11.3. The van der Waals surface area contributed by atoms with E-state index in [0.29, 0.717) is 25.7 Å². The maximum absolute atomic E-state index is 13.0. The molecular weight excluding hydrogens is 416 g/mol. The van der Waals surface area contributed by atoms with Gasteiger partial charge in [0.2, 0.25) is 0 Å². The molecule has 0 aromatic heterocycles. The van der Waals surface area contributed by atoms with E-state index in [1.165, 1.54) is 24.4 Å². The number of carbonyl (C=O) groups is 3. The second kappa shape index (κ2) is 7.99. The highest BCUT2D eigenvalue weighted by atomic mass is 32.2. The topological polar surface area (TPSA) is 101 Å². The number of carbonyl (C=O) groups excluding carboxylic acids is 3. The van der Waals surface area contributed by atoms with Gasteiger partial charge < -0.3 is 14.9 Å². The monoisotopic (exact) mass is 450 g/mol. The number of fused-ring (bicyclic) bond motifs is 5. The molecule has 4 rings (SSSR count). The van der Waals surface area contributed by atoms with Gasteiger partial charge in [-0.15, -0.1) is 11.8 Å². The lowest BCUT2D eigenvalue weighted by atomic mass is 9.46. The minimum Gasteiger partial charge on any atom is -0.468 e. The Labute approximate surface area is 188 Å². The van der Waals surface area contributed by atoms with Crippen molar-refractivity contribution in [1.29, 1.82) is 0 Å². The van der Waals surface area contributed by atoms with Crippen molar-refractivity contribution in [2.24, 2.45) is 28.6 Å². The first-order chi connectivity index (χ1) is 14.5. The molecule has 0 aromatic carbocycles. The van der Waals surface area contributed by atoms with Crippen molar-refractivity contribution in [3.63, 3.8) is 0 Å². The number of esters is 1. The summed E-state index contributed by atoms with van der Waals surface area (Å²) in [6.45, 7) is 4.31. The summed E-state index contributed by atoms with van der Waals surface area (Å²) in [4.78, 5) is 36.3. The van der Waals surface area contributed by atoms with Gasteiger partial charge in [-0.3, -0.25) is 14.4 Å². The van der Waals surface area contributed by atoms with Crippen LogP contribution in [0, 0.1) is 28.6 Å². The van der Waals surface area contributed by atoms with E-state index < -0.39 is 11.7 Å². The van der Waals surface area contributed by atoms with E-state index in [1.807, 2.05) is 6.08 Å². The summed E-state index contributed by atoms with van der Waals surface area (Å²) >= 11 is 1.18. The summed E-state index contributed by atoms with van der Waals surface area (Å²) in [5.74, 6) is 0.204. The van der Waals surface area contributed by atoms with Gasteiger partial charge in [0.25, 0.3) is 0 Å². The zero-order valence-corrected chi connectivity index (χ0v) is 19.5. The van der Waals surface area contributed by atoms with E-state index in [2.05, 4.69) is 18.6 Å². The van der Waals surface area contributed by atoms with Gasteiger partial charge in [0, 0.05) is 6.42 Å². The van der Waals surface area contributed by atoms with Crippen molar-refractivity contribution in [2.75, 3.05) is 18.6 Å². The van der Waals surface area contributed by atoms with Crippen LogP contribution in [-0.2, 0) is 19.1 Å². The minimum absolute atomic E-state index is 0.0600. The summed E-state index contributed by atoms with van der Waals surface area (Å²) in [6, 6.07) is 0. The van der Waals surface area contributed by atoms with Crippen molar-refractivity contribution >= 4 is 29.3 Å². The number of methoxy groups -OCH3 is 1. The van der Waals surface area contributed by atoms with Crippen LogP contribution in [0.3, 0.4) is 0 Å². The molecular formula is C24H34O6S. The fourth-order valence-corrected chi connectivity index (χ4v) is 8.30. The van der Waals surface area contributed by atoms with Crippen LogP contribution in [-0.4, -0.2) is 58.1 Å². The van der Waals surface area contributed by atoms with Crippen LogP contribution in [0.1, 0.15) is 58.8 Å². The molecule has 0 amide bonds. The van der Waals surface area contributed by atoms with Gasteiger partial charge in [0.1, 0.15) is 5.60 Å². The molecule has 0 aliphatic heterocycles. The Hall–Kier alpha value is -1.18. The Morgan fingerprint density at radius 1 is 1.23 bits per heavy atom. The molecule has 7 atom stereocenters. The van der Waals surface area contributed by atoms with Gasteiger partial charge in [-0.2, -0.15) is 0 Å². The zero-order valence-electron chi connectivity index (χ0n) is 18.7. The van der Waals surface area contributed by atoms with Gasteiger partial charge in [-0.25, -0.2) is 0 Å². The quantitative estimate of drug-likeness (QED) is 0.621. The highest BCUT2D eigenvalue weighted by molar-refractivity contribution is 8.00. The van der Waals surface area contributed by atoms with E-state index in [1.54, 1.807) is 0 Å². The largest absolute Gasteiger partial charge is 0.468 e. The number of rotatable bonds is 5. The van der Waals surface area contributed by atoms with Crippen molar-refractivity contribution in [3.05, 3.63) is 11.6 Å². The summed E-state index contributed by atoms with van der Waals surface area (Å²) in [7, 11) is 1.32. The molecule has 0 aromatic rings. The normalized spacial score (nSPS) is 44.0. The molecule has 0 saturated heterocycles. The second-order valence-corrected chi connectivity index (χ2v) is 11.7. The number of ether oxygens (including phenoxy) is 1. The Morgan fingerprint density at radius 2 is 1.97 bits per heavy atom. The molecule has 4 aliphatic carbocycles. The molecule has 0 heterocycles. The smallest absolute Gasteiger partial charge is 0.315 e. The predicted octanol–water partition coefficient (Wildman–Crippen LogP) is 2.70. The van der Waals surface area contributed by atoms with E-state index in [4.69, 9.17) is 0 Å². The molecule has 0 radical (unpaired) electrons. The average Bonchev–Trinajstić information content (AvgIpc) is 2.99. The number of ketones is 2. The van der Waals surface area contributed by atoms with E-state index in [0.717, 1.165) is 19.3 Å². The second-order valence-electron chi connectivity index (χ2n) is 10.7. The Balaban J connectivity index is 1.55. The molecule has 0 spiro atoms. The number of hydrogen-bond acceptors (Lipinski definition) is 7. The number of thioether (sulfide) groups is 1. The van der Waals surface area contributed by atoms with Crippen LogP contribution in [0.15, 0.2) is 11.6 Å². The van der Waals surface area contributed by atoms with Crippen LogP contribution < -0.4 is 0 Å². The SMILES string of the molecule is COC(=O)CSCC(=O)[C@@]1(O)CC2C3CCC4=CC(=O)CC[C@]4(C)C3C(O)C[C@]2(C)C1. The fourth-order valence-electron chi connectivity index (χ4n) is 7.46. The van der Waals surface area contributed by atoms with Crippen molar-refractivity contribution in [1.82, 2.24) is 0 Å². The number of aliphatic hydroxyl groups excluding tert-OH is 1. The van der Waals surface area contributed by atoms with Crippen LogP contribution >= 0.6 is 11.8 Å². The van der Waals surface area contributed by atoms with Crippen molar-refractivity contribution in [3.8, 4) is 0 Å². The summed E-state index contributed by atoms with van der Waals surface area (Å²) < 4.78 is 4.62. The molecule has 3 saturated carbocycles. The van der Waals surface area contributed by atoms with Gasteiger partial charge >= 0.3 is 5.97 Å². The van der Waals surface area contributed by atoms with Crippen LogP contribution in [0.25, 0.3) is 0 Å². The molecule has 172 valence electrons. The number of allylic oxidation sites excluding steroid dienone is 1. The third-order valence-electron chi connectivity index (χ3n) is 8.86. The van der Waals surface area contributed by atoms with Gasteiger partial charge in [0.05, 0.1) is 24.7 Å². The molecule has 31 heavy (non-hydrogen) atoms. The van der Waals surface area contributed by atoms with Crippen LogP contribution in [0.4, 0.5) is 0 Å². The van der Waals surface area contributed by atoms with Gasteiger partial charge in [0.15, 0.2) is 11.6 Å². The Kier molecular flexibility index (Phi) is 5.93. The van der Waals surface area contributed by atoms with Crippen molar-refractivity contribution in [2.45, 2.75) is 70.5 Å². The Bertz CT molecular complexity index is 823. The highest BCUT2D eigenvalue weighted by Crippen LogP contribution is 2.66. The maximum atomic E-state index is 13.0. The lowest BCUT2D eigenvalue weighted by Crippen LogP contribution is -2.55. The average molecular weight is 451 g/mol. The molecule has 6 nitrogen and oxygen atoms in total. The number of hydrogen-bond donors (Lipinski definition) is 2. The summed E-state index contributed by atoms with van der Waals surface area (Å²) in [5, 5.41) is 22.7. The lowest BCUT2D eigenvalue weighted by Gasteiger charge is -2.59. The number of Topliss-reactive ketones (excluding diaryl/α,β-unsaturated/α-hetero) is 1. The van der Waals surface area contributed by atoms with Crippen molar-refractivity contribution < 1.29 is 29.3 Å². The first kappa shape index (κ1) is 23.0. The third-order valence-corrected chi connectivity index (χ3v) is 9.77. The van der Waals surface area contributed by atoms with E-state index in [9.17, 15) is 24.6 Å².